The summed E-state index contributed by atoms with van der Waals surface area (Å²) in [4.78, 5) is 0. The van der Waals surface area contributed by atoms with Gasteiger partial charge in [-0.2, -0.15) is 0 Å². The molecule has 0 unspecified atom stereocenters. The summed E-state index contributed by atoms with van der Waals surface area (Å²) in [5.41, 5.74) is 2.54. The predicted octanol–water partition coefficient (Wildman–Crippen LogP) is 6.33. The molecule has 0 aliphatic rings. The Morgan fingerprint density at radius 1 is 0.706 bits per heavy atom. The second-order valence-corrected chi connectivity index (χ2v) is 7.29. The summed E-state index contributed by atoms with van der Waals surface area (Å²) in [5, 5.41) is 0. The average molecular weight is 484 g/mol. The van der Waals surface area contributed by atoms with Crippen LogP contribution in [0.2, 0.25) is 0 Å². The maximum Gasteiger partial charge on any atom is 0.0211 e. The first-order chi connectivity index (χ1) is 8.04. The van der Waals surface area contributed by atoms with Crippen molar-refractivity contribution in [3.05, 3.63) is 65.4 Å². The van der Waals surface area contributed by atoms with Gasteiger partial charge in [-0.15, -0.1) is 0 Å². The number of halogens is 4. The largest absolute Gasteiger partial charge is 0.0508 e. The molecule has 88 valence electrons. The van der Waals surface area contributed by atoms with Crippen molar-refractivity contribution in [3.63, 3.8) is 0 Å². The smallest absolute Gasteiger partial charge is 0.0211 e. The number of hydrogen-bond acceptors (Lipinski definition) is 0. The van der Waals surface area contributed by atoms with Crippen molar-refractivity contribution in [3.8, 4) is 0 Å². The molecule has 0 aromatic heterocycles. The standard InChI is InChI=1S/C13H8Br4/c14-10-1-2-13(17)9(6-10)3-8-4-11(15)7-12(16)5-8/h1-2,4-7H,3H2. The lowest BCUT2D eigenvalue weighted by Gasteiger charge is -2.07. The summed E-state index contributed by atoms with van der Waals surface area (Å²) >= 11 is 14.1. The summed E-state index contributed by atoms with van der Waals surface area (Å²) in [5.74, 6) is 0. The van der Waals surface area contributed by atoms with Crippen LogP contribution in [-0.4, -0.2) is 0 Å². The van der Waals surface area contributed by atoms with Crippen LogP contribution in [0.5, 0.6) is 0 Å². The molecule has 2 aromatic rings. The van der Waals surface area contributed by atoms with E-state index < -0.39 is 0 Å². The second-order valence-electron chi connectivity index (χ2n) is 3.69. The quantitative estimate of drug-likeness (QED) is 0.468. The highest BCUT2D eigenvalue weighted by atomic mass is 79.9. The van der Waals surface area contributed by atoms with Crippen molar-refractivity contribution >= 4 is 63.7 Å². The zero-order chi connectivity index (χ0) is 12.4. The molecule has 0 aliphatic carbocycles. The predicted molar refractivity (Wildman–Crippen MR) is 86.5 cm³/mol. The van der Waals surface area contributed by atoms with Gasteiger partial charge in [-0.1, -0.05) is 63.7 Å². The molecule has 0 amide bonds. The van der Waals surface area contributed by atoms with Gasteiger partial charge in [0.1, 0.15) is 0 Å². The van der Waals surface area contributed by atoms with E-state index in [0.717, 1.165) is 24.3 Å². The Balaban J connectivity index is 2.34. The molecule has 0 atom stereocenters. The molecule has 2 aromatic carbocycles. The number of rotatable bonds is 2. The van der Waals surface area contributed by atoms with Crippen LogP contribution < -0.4 is 0 Å². The molecule has 0 bridgehead atoms. The van der Waals surface area contributed by atoms with E-state index in [9.17, 15) is 0 Å². The van der Waals surface area contributed by atoms with Gasteiger partial charge in [0.05, 0.1) is 0 Å². The van der Waals surface area contributed by atoms with E-state index in [1.54, 1.807) is 0 Å². The van der Waals surface area contributed by atoms with Crippen LogP contribution in [0.3, 0.4) is 0 Å². The molecule has 0 fully saturated rings. The van der Waals surface area contributed by atoms with E-state index in [0.29, 0.717) is 0 Å². The molecule has 17 heavy (non-hydrogen) atoms. The Labute approximate surface area is 134 Å². The number of benzene rings is 2. The lowest BCUT2D eigenvalue weighted by molar-refractivity contribution is 1.17. The van der Waals surface area contributed by atoms with Gasteiger partial charge < -0.3 is 0 Å². The van der Waals surface area contributed by atoms with E-state index >= 15 is 0 Å². The van der Waals surface area contributed by atoms with Gasteiger partial charge in [0.2, 0.25) is 0 Å². The lowest BCUT2D eigenvalue weighted by Crippen LogP contribution is -1.90. The molecule has 4 heteroatoms. The highest BCUT2D eigenvalue weighted by molar-refractivity contribution is 9.11. The Bertz CT molecular complexity index is 529. The van der Waals surface area contributed by atoms with Crippen molar-refractivity contribution < 1.29 is 0 Å². The Morgan fingerprint density at radius 2 is 1.35 bits per heavy atom. The number of hydrogen-bond donors (Lipinski definition) is 0. The maximum absolute atomic E-state index is 3.58. The van der Waals surface area contributed by atoms with E-state index in [1.807, 2.05) is 12.1 Å². The molecular formula is C13H8Br4. The third kappa shape index (κ3) is 3.91. The van der Waals surface area contributed by atoms with Gasteiger partial charge in [0, 0.05) is 17.9 Å². The van der Waals surface area contributed by atoms with Crippen LogP contribution in [-0.2, 0) is 6.42 Å². The van der Waals surface area contributed by atoms with Crippen molar-refractivity contribution in [1.29, 1.82) is 0 Å². The van der Waals surface area contributed by atoms with Crippen LogP contribution in [0.4, 0.5) is 0 Å². The van der Waals surface area contributed by atoms with Gasteiger partial charge in [0.25, 0.3) is 0 Å². The fourth-order valence-electron chi connectivity index (χ4n) is 1.61. The van der Waals surface area contributed by atoms with Gasteiger partial charge in [-0.25, -0.2) is 0 Å². The molecule has 0 heterocycles. The van der Waals surface area contributed by atoms with Crippen LogP contribution in [0.15, 0.2) is 54.3 Å². The van der Waals surface area contributed by atoms with Crippen molar-refractivity contribution in [1.82, 2.24) is 0 Å². The zero-order valence-corrected chi connectivity index (χ0v) is 15.0. The van der Waals surface area contributed by atoms with E-state index in [4.69, 9.17) is 0 Å². The normalized spacial score (nSPS) is 10.6. The maximum atomic E-state index is 3.58. The van der Waals surface area contributed by atoms with Gasteiger partial charge in [-0.05, 0) is 53.9 Å². The van der Waals surface area contributed by atoms with E-state index in [2.05, 4.69) is 88.0 Å². The first-order valence-corrected chi connectivity index (χ1v) is 8.11. The Morgan fingerprint density at radius 3 is 2.00 bits per heavy atom. The molecule has 0 radical (unpaired) electrons. The van der Waals surface area contributed by atoms with E-state index in [1.165, 1.54) is 11.1 Å². The first kappa shape index (κ1) is 13.8. The van der Waals surface area contributed by atoms with Crippen molar-refractivity contribution in [2.24, 2.45) is 0 Å². The van der Waals surface area contributed by atoms with Crippen LogP contribution in [0.1, 0.15) is 11.1 Å². The summed E-state index contributed by atoms with van der Waals surface area (Å²) in [7, 11) is 0. The van der Waals surface area contributed by atoms with Gasteiger partial charge >= 0.3 is 0 Å². The fourth-order valence-corrected chi connectivity index (χ4v) is 3.80. The monoisotopic (exact) mass is 480 g/mol. The minimum Gasteiger partial charge on any atom is -0.0508 e. The summed E-state index contributed by atoms with van der Waals surface area (Å²) < 4.78 is 4.42. The third-order valence-electron chi connectivity index (χ3n) is 2.32. The summed E-state index contributed by atoms with van der Waals surface area (Å²) in [6.07, 6.45) is 0.901. The zero-order valence-electron chi connectivity index (χ0n) is 8.68. The van der Waals surface area contributed by atoms with E-state index in [-0.39, 0.29) is 0 Å². The minimum atomic E-state index is 0.901. The van der Waals surface area contributed by atoms with Gasteiger partial charge in [-0.3, -0.25) is 0 Å². The molecule has 2 rings (SSSR count). The topological polar surface area (TPSA) is 0 Å². The summed E-state index contributed by atoms with van der Waals surface area (Å²) in [6, 6.07) is 12.5. The lowest BCUT2D eigenvalue weighted by atomic mass is 10.1. The first-order valence-electron chi connectivity index (χ1n) is 4.93. The highest BCUT2D eigenvalue weighted by Gasteiger charge is 2.04. The van der Waals surface area contributed by atoms with Crippen molar-refractivity contribution in [2.45, 2.75) is 6.42 Å². The molecule has 0 aliphatic heterocycles. The van der Waals surface area contributed by atoms with Gasteiger partial charge in [0.15, 0.2) is 0 Å². The molecule has 0 saturated heterocycles. The molecule has 0 N–H and O–H groups in total. The van der Waals surface area contributed by atoms with Crippen molar-refractivity contribution in [2.75, 3.05) is 0 Å². The average Bonchev–Trinajstić information content (AvgIpc) is 2.22. The van der Waals surface area contributed by atoms with Crippen LogP contribution in [0, 0.1) is 0 Å². The van der Waals surface area contributed by atoms with Crippen LogP contribution >= 0.6 is 63.7 Å². The molecular weight excluding hydrogens is 476 g/mol. The molecule has 0 spiro atoms. The Hall–Kier alpha value is 0.360. The SMILES string of the molecule is Brc1cc(Br)cc(Cc2cc(Br)ccc2Br)c1. The highest BCUT2D eigenvalue weighted by Crippen LogP contribution is 2.26. The second kappa shape index (κ2) is 6.00. The summed E-state index contributed by atoms with van der Waals surface area (Å²) in [6.45, 7) is 0. The molecule has 0 nitrogen and oxygen atoms in total. The van der Waals surface area contributed by atoms with Crippen LogP contribution in [0.25, 0.3) is 0 Å². The Kier molecular flexibility index (Phi) is 4.87. The fraction of sp³-hybridized carbons (Fsp3) is 0.0769. The molecule has 0 saturated carbocycles. The minimum absolute atomic E-state index is 0.901. The third-order valence-corrected chi connectivity index (χ3v) is 4.51.